The molecule has 0 fully saturated rings. The Morgan fingerprint density at radius 2 is 2.25 bits per heavy atom. The van der Waals surface area contributed by atoms with Crippen LogP contribution in [0.15, 0.2) is 42.2 Å². The predicted octanol–water partition coefficient (Wildman–Crippen LogP) is 3.55. The van der Waals surface area contributed by atoms with E-state index >= 15 is 0 Å². The molecule has 0 aliphatic carbocycles. The predicted molar refractivity (Wildman–Crippen MR) is 94.9 cm³/mol. The van der Waals surface area contributed by atoms with Crippen molar-refractivity contribution in [2.24, 2.45) is 0 Å². The van der Waals surface area contributed by atoms with E-state index in [1.165, 1.54) is 11.3 Å². The Balaban J connectivity index is 1.66. The van der Waals surface area contributed by atoms with E-state index in [0.29, 0.717) is 0 Å². The van der Waals surface area contributed by atoms with Crippen molar-refractivity contribution in [1.29, 1.82) is 0 Å². The van der Waals surface area contributed by atoms with Crippen LogP contribution in [0.1, 0.15) is 32.0 Å². The molecule has 0 spiro atoms. The first-order valence-electron chi connectivity index (χ1n) is 7.85. The second-order valence-electron chi connectivity index (χ2n) is 5.53. The second-order valence-corrected chi connectivity index (χ2v) is 6.39. The highest BCUT2D eigenvalue weighted by Gasteiger charge is 2.13. The standard InChI is InChI=1S/C17H19N5OS/c1-3-12(2)22-15(6-8-19-22)21-16(23)9-14-11-24-17(20-14)13-5-4-7-18-10-13/h4-8,10-12H,3,9H2,1-2H3,(H,21,23). The number of carbonyl (C=O) groups is 1. The van der Waals surface area contributed by atoms with Crippen LogP contribution in [0, 0.1) is 0 Å². The molecule has 3 aromatic rings. The number of nitrogens with zero attached hydrogens (tertiary/aromatic N) is 4. The van der Waals surface area contributed by atoms with Gasteiger partial charge < -0.3 is 5.32 Å². The summed E-state index contributed by atoms with van der Waals surface area (Å²) in [5.41, 5.74) is 1.72. The molecule has 3 rings (SSSR count). The third-order valence-electron chi connectivity index (χ3n) is 3.75. The summed E-state index contributed by atoms with van der Waals surface area (Å²) in [4.78, 5) is 20.9. The van der Waals surface area contributed by atoms with Crippen LogP contribution < -0.4 is 5.32 Å². The highest BCUT2D eigenvalue weighted by molar-refractivity contribution is 7.13. The fraction of sp³-hybridized carbons (Fsp3) is 0.294. The van der Waals surface area contributed by atoms with Crippen LogP contribution in [0.3, 0.4) is 0 Å². The summed E-state index contributed by atoms with van der Waals surface area (Å²) in [7, 11) is 0. The van der Waals surface area contributed by atoms with E-state index in [9.17, 15) is 4.79 Å². The Morgan fingerprint density at radius 1 is 1.38 bits per heavy atom. The van der Waals surface area contributed by atoms with Gasteiger partial charge >= 0.3 is 0 Å². The normalized spacial score (nSPS) is 12.1. The van der Waals surface area contributed by atoms with Gasteiger partial charge in [-0.05, 0) is 25.5 Å². The summed E-state index contributed by atoms with van der Waals surface area (Å²) < 4.78 is 1.83. The SMILES string of the molecule is CCC(C)n1nccc1NC(=O)Cc1csc(-c2cccnc2)n1. The maximum Gasteiger partial charge on any atom is 0.231 e. The van der Waals surface area contributed by atoms with Crippen LogP contribution in [0.2, 0.25) is 0 Å². The van der Waals surface area contributed by atoms with Gasteiger partial charge in [0.05, 0.1) is 24.4 Å². The maximum absolute atomic E-state index is 12.3. The Kier molecular flexibility index (Phi) is 5.00. The third kappa shape index (κ3) is 3.68. The molecule has 1 unspecified atom stereocenters. The number of amides is 1. The summed E-state index contributed by atoms with van der Waals surface area (Å²) in [6.07, 6.45) is 6.39. The van der Waals surface area contributed by atoms with Gasteiger partial charge in [-0.3, -0.25) is 9.78 Å². The van der Waals surface area contributed by atoms with E-state index in [0.717, 1.165) is 28.5 Å². The van der Waals surface area contributed by atoms with Gasteiger partial charge in [-0.1, -0.05) is 6.92 Å². The van der Waals surface area contributed by atoms with Crippen molar-refractivity contribution < 1.29 is 4.79 Å². The van der Waals surface area contributed by atoms with E-state index in [1.54, 1.807) is 18.6 Å². The highest BCUT2D eigenvalue weighted by Crippen LogP contribution is 2.23. The van der Waals surface area contributed by atoms with Crippen molar-refractivity contribution in [2.75, 3.05) is 5.32 Å². The van der Waals surface area contributed by atoms with Crippen LogP contribution in [0.5, 0.6) is 0 Å². The van der Waals surface area contributed by atoms with Gasteiger partial charge in [0.2, 0.25) is 5.91 Å². The number of hydrogen-bond acceptors (Lipinski definition) is 5. The largest absolute Gasteiger partial charge is 0.311 e. The molecular formula is C17H19N5OS. The van der Waals surface area contributed by atoms with Gasteiger partial charge in [0, 0.05) is 29.4 Å². The molecule has 124 valence electrons. The molecule has 3 heterocycles. The van der Waals surface area contributed by atoms with Gasteiger partial charge in [0.1, 0.15) is 10.8 Å². The average molecular weight is 341 g/mol. The minimum atomic E-state index is -0.0944. The van der Waals surface area contributed by atoms with Crippen LogP contribution in [0.25, 0.3) is 10.6 Å². The first-order chi connectivity index (χ1) is 11.7. The van der Waals surface area contributed by atoms with E-state index in [1.807, 2.05) is 28.3 Å². The molecule has 3 aromatic heterocycles. The zero-order chi connectivity index (χ0) is 16.9. The second kappa shape index (κ2) is 7.35. The summed E-state index contributed by atoms with van der Waals surface area (Å²) in [6.45, 7) is 4.16. The molecule has 0 radical (unpaired) electrons. The number of pyridine rings is 1. The number of anilines is 1. The molecule has 24 heavy (non-hydrogen) atoms. The first kappa shape index (κ1) is 16.3. The lowest BCUT2D eigenvalue weighted by atomic mass is 10.2. The quantitative estimate of drug-likeness (QED) is 0.744. The number of carbonyl (C=O) groups excluding carboxylic acids is 1. The topological polar surface area (TPSA) is 72.7 Å². The summed E-state index contributed by atoms with van der Waals surface area (Å²) in [6, 6.07) is 5.89. The number of nitrogens with one attached hydrogen (secondary N) is 1. The lowest BCUT2D eigenvalue weighted by Gasteiger charge is -2.13. The van der Waals surface area contributed by atoms with E-state index < -0.39 is 0 Å². The molecule has 0 aliphatic rings. The molecule has 0 aromatic carbocycles. The summed E-state index contributed by atoms with van der Waals surface area (Å²) in [5, 5.41) is 9.97. The van der Waals surface area contributed by atoms with E-state index in [2.05, 4.69) is 34.2 Å². The first-order valence-corrected chi connectivity index (χ1v) is 8.73. The van der Waals surface area contributed by atoms with Gasteiger partial charge in [0.25, 0.3) is 0 Å². The fourth-order valence-electron chi connectivity index (χ4n) is 2.30. The average Bonchev–Trinajstić information content (AvgIpc) is 3.24. The number of thiazole rings is 1. The fourth-order valence-corrected chi connectivity index (χ4v) is 3.11. The minimum absolute atomic E-state index is 0.0944. The van der Waals surface area contributed by atoms with Gasteiger partial charge in [0.15, 0.2) is 0 Å². The summed E-state index contributed by atoms with van der Waals surface area (Å²) >= 11 is 1.52. The minimum Gasteiger partial charge on any atom is -0.311 e. The number of hydrogen-bond donors (Lipinski definition) is 1. The summed E-state index contributed by atoms with van der Waals surface area (Å²) in [5.74, 6) is 0.625. The molecule has 0 saturated heterocycles. The smallest absolute Gasteiger partial charge is 0.231 e. The maximum atomic E-state index is 12.3. The molecule has 0 saturated carbocycles. The zero-order valence-corrected chi connectivity index (χ0v) is 14.5. The van der Waals surface area contributed by atoms with Crippen molar-refractivity contribution >= 4 is 23.1 Å². The lowest BCUT2D eigenvalue weighted by molar-refractivity contribution is -0.115. The molecular weight excluding hydrogens is 322 g/mol. The number of aromatic nitrogens is 4. The monoisotopic (exact) mass is 341 g/mol. The molecule has 7 heteroatoms. The van der Waals surface area contributed by atoms with Crippen molar-refractivity contribution in [3.63, 3.8) is 0 Å². The Morgan fingerprint density at radius 3 is 3.00 bits per heavy atom. The molecule has 1 N–H and O–H groups in total. The third-order valence-corrected chi connectivity index (χ3v) is 4.69. The van der Waals surface area contributed by atoms with Crippen LogP contribution in [0.4, 0.5) is 5.82 Å². The molecule has 1 amide bonds. The lowest BCUT2D eigenvalue weighted by Crippen LogP contribution is -2.19. The Bertz CT molecular complexity index is 811. The van der Waals surface area contributed by atoms with Gasteiger partial charge in [-0.2, -0.15) is 5.10 Å². The number of rotatable bonds is 6. The molecule has 0 bridgehead atoms. The molecule has 6 nitrogen and oxygen atoms in total. The van der Waals surface area contributed by atoms with Crippen molar-refractivity contribution in [3.8, 4) is 10.6 Å². The van der Waals surface area contributed by atoms with Crippen molar-refractivity contribution in [1.82, 2.24) is 19.7 Å². The molecule has 0 aliphatic heterocycles. The van der Waals surface area contributed by atoms with Crippen molar-refractivity contribution in [3.05, 3.63) is 47.9 Å². The van der Waals surface area contributed by atoms with Crippen LogP contribution in [-0.2, 0) is 11.2 Å². The Labute approximate surface area is 144 Å². The van der Waals surface area contributed by atoms with Crippen LogP contribution in [-0.4, -0.2) is 25.7 Å². The zero-order valence-electron chi connectivity index (χ0n) is 13.6. The van der Waals surface area contributed by atoms with E-state index in [4.69, 9.17) is 0 Å². The van der Waals surface area contributed by atoms with Crippen molar-refractivity contribution in [2.45, 2.75) is 32.7 Å². The van der Waals surface area contributed by atoms with Crippen LogP contribution >= 0.6 is 11.3 Å². The molecule has 1 atom stereocenters. The van der Waals surface area contributed by atoms with E-state index in [-0.39, 0.29) is 18.4 Å². The van der Waals surface area contributed by atoms with Gasteiger partial charge in [-0.15, -0.1) is 11.3 Å². The van der Waals surface area contributed by atoms with Gasteiger partial charge in [-0.25, -0.2) is 9.67 Å². The highest BCUT2D eigenvalue weighted by atomic mass is 32.1. The Hall–Kier alpha value is -2.54.